The van der Waals surface area contributed by atoms with Crippen molar-refractivity contribution in [2.24, 2.45) is 0 Å². The van der Waals surface area contributed by atoms with Crippen molar-refractivity contribution in [1.82, 2.24) is 4.98 Å². The number of carbonyl (C=O) groups excluding carboxylic acids is 2. The zero-order valence-electron chi connectivity index (χ0n) is 15.0. The Balaban J connectivity index is 1.76. The highest BCUT2D eigenvalue weighted by Crippen LogP contribution is 2.20. The van der Waals surface area contributed by atoms with E-state index in [0.29, 0.717) is 22.5 Å². The smallest absolute Gasteiger partial charge is 0.337 e. The Bertz CT molecular complexity index is 986. The predicted molar refractivity (Wildman–Crippen MR) is 104 cm³/mol. The van der Waals surface area contributed by atoms with Gasteiger partial charge >= 0.3 is 5.97 Å². The summed E-state index contributed by atoms with van der Waals surface area (Å²) in [6.45, 7) is 2.00. The number of hydrogen-bond donors (Lipinski definition) is 2. The molecule has 0 saturated carbocycles. The standard InChI is InChI=1S/C21H19N3O3/c1-14-6-3-4-9-19(14)23-18-11-16(12-22-13-18)20(25)24-17-8-5-7-15(10-17)21(26)27-2/h3-13,23H,1-2H3,(H,24,25). The molecule has 1 amide bonds. The molecule has 0 unspecified atom stereocenters. The molecule has 0 aliphatic rings. The van der Waals surface area contributed by atoms with Gasteiger partial charge < -0.3 is 15.4 Å². The Morgan fingerprint density at radius 1 is 0.926 bits per heavy atom. The summed E-state index contributed by atoms with van der Waals surface area (Å²) in [5, 5.41) is 6.02. The first kappa shape index (κ1) is 18.1. The van der Waals surface area contributed by atoms with E-state index in [9.17, 15) is 9.59 Å². The third kappa shape index (κ3) is 4.49. The Kier molecular flexibility index (Phi) is 5.47. The molecule has 136 valence electrons. The number of methoxy groups -OCH3 is 1. The van der Waals surface area contributed by atoms with Crippen LogP contribution in [0.2, 0.25) is 0 Å². The second-order valence-corrected chi connectivity index (χ2v) is 5.93. The largest absolute Gasteiger partial charge is 0.465 e. The number of aromatic nitrogens is 1. The zero-order chi connectivity index (χ0) is 19.2. The number of para-hydroxylation sites is 1. The van der Waals surface area contributed by atoms with E-state index in [-0.39, 0.29) is 5.91 Å². The number of hydrogen-bond acceptors (Lipinski definition) is 5. The lowest BCUT2D eigenvalue weighted by Gasteiger charge is -2.11. The number of nitrogens with one attached hydrogen (secondary N) is 2. The van der Waals surface area contributed by atoms with E-state index in [1.807, 2.05) is 31.2 Å². The van der Waals surface area contributed by atoms with Gasteiger partial charge in [-0.2, -0.15) is 0 Å². The van der Waals surface area contributed by atoms with Crippen LogP contribution in [0.3, 0.4) is 0 Å². The summed E-state index contributed by atoms with van der Waals surface area (Å²) in [7, 11) is 1.31. The van der Waals surface area contributed by atoms with Crippen LogP contribution in [0.1, 0.15) is 26.3 Å². The molecule has 1 aromatic heterocycles. The first-order valence-corrected chi connectivity index (χ1v) is 8.34. The van der Waals surface area contributed by atoms with Crippen molar-refractivity contribution in [3.05, 3.63) is 83.7 Å². The molecular weight excluding hydrogens is 342 g/mol. The first-order chi connectivity index (χ1) is 13.1. The number of ether oxygens (including phenoxy) is 1. The maximum atomic E-state index is 12.5. The summed E-state index contributed by atoms with van der Waals surface area (Å²) in [4.78, 5) is 28.3. The number of benzene rings is 2. The minimum Gasteiger partial charge on any atom is -0.465 e. The Hall–Kier alpha value is -3.67. The maximum absolute atomic E-state index is 12.5. The van der Waals surface area contributed by atoms with Gasteiger partial charge in [0, 0.05) is 17.6 Å². The van der Waals surface area contributed by atoms with Gasteiger partial charge in [0.25, 0.3) is 5.91 Å². The number of amides is 1. The molecule has 0 bridgehead atoms. The SMILES string of the molecule is COC(=O)c1cccc(NC(=O)c2cncc(Nc3ccccc3C)c2)c1. The molecule has 0 radical (unpaired) electrons. The molecule has 1 heterocycles. The van der Waals surface area contributed by atoms with Gasteiger partial charge in [-0.05, 0) is 42.8 Å². The van der Waals surface area contributed by atoms with Gasteiger partial charge in [0.2, 0.25) is 0 Å². The van der Waals surface area contributed by atoms with E-state index in [1.54, 1.807) is 36.5 Å². The molecule has 6 nitrogen and oxygen atoms in total. The highest BCUT2D eigenvalue weighted by molar-refractivity contribution is 6.05. The maximum Gasteiger partial charge on any atom is 0.337 e. The summed E-state index contributed by atoms with van der Waals surface area (Å²) < 4.78 is 4.69. The van der Waals surface area contributed by atoms with Crippen molar-refractivity contribution in [3.8, 4) is 0 Å². The molecular formula is C21H19N3O3. The van der Waals surface area contributed by atoms with E-state index >= 15 is 0 Å². The number of nitrogens with zero attached hydrogens (tertiary/aromatic N) is 1. The van der Waals surface area contributed by atoms with Crippen molar-refractivity contribution in [2.75, 3.05) is 17.7 Å². The third-order valence-corrected chi connectivity index (χ3v) is 3.97. The fourth-order valence-corrected chi connectivity index (χ4v) is 2.55. The summed E-state index contributed by atoms with van der Waals surface area (Å²) in [6.07, 6.45) is 3.14. The monoisotopic (exact) mass is 361 g/mol. The van der Waals surface area contributed by atoms with E-state index in [4.69, 9.17) is 4.74 Å². The lowest BCUT2D eigenvalue weighted by atomic mass is 10.1. The van der Waals surface area contributed by atoms with Crippen molar-refractivity contribution in [1.29, 1.82) is 0 Å². The van der Waals surface area contributed by atoms with Crippen molar-refractivity contribution in [2.45, 2.75) is 6.92 Å². The van der Waals surface area contributed by atoms with Gasteiger partial charge in [-0.3, -0.25) is 9.78 Å². The van der Waals surface area contributed by atoms with Crippen molar-refractivity contribution in [3.63, 3.8) is 0 Å². The van der Waals surface area contributed by atoms with E-state index < -0.39 is 5.97 Å². The molecule has 0 saturated heterocycles. The normalized spacial score (nSPS) is 10.1. The number of esters is 1. The highest BCUT2D eigenvalue weighted by atomic mass is 16.5. The first-order valence-electron chi connectivity index (χ1n) is 8.34. The van der Waals surface area contributed by atoms with E-state index in [1.165, 1.54) is 13.3 Å². The third-order valence-electron chi connectivity index (χ3n) is 3.97. The topological polar surface area (TPSA) is 80.3 Å². The molecule has 0 aliphatic carbocycles. The van der Waals surface area contributed by atoms with Crippen LogP contribution in [0.15, 0.2) is 67.0 Å². The molecule has 27 heavy (non-hydrogen) atoms. The molecule has 0 fully saturated rings. The minimum absolute atomic E-state index is 0.321. The van der Waals surface area contributed by atoms with Crippen LogP contribution in [0.5, 0.6) is 0 Å². The number of carbonyl (C=O) groups is 2. The van der Waals surface area contributed by atoms with Gasteiger partial charge in [-0.15, -0.1) is 0 Å². The average molecular weight is 361 g/mol. The molecule has 0 aliphatic heterocycles. The van der Waals surface area contributed by atoms with Gasteiger partial charge in [-0.1, -0.05) is 24.3 Å². The Labute approximate surface area is 157 Å². The van der Waals surface area contributed by atoms with Gasteiger partial charge in [0.15, 0.2) is 0 Å². The summed E-state index contributed by atoms with van der Waals surface area (Å²) in [5.74, 6) is -0.782. The van der Waals surface area contributed by atoms with Crippen LogP contribution in [0.4, 0.5) is 17.1 Å². The number of rotatable bonds is 5. The van der Waals surface area contributed by atoms with Crippen molar-refractivity contribution >= 4 is 28.9 Å². The number of aryl methyl sites for hydroxylation is 1. The Morgan fingerprint density at radius 3 is 2.48 bits per heavy atom. The predicted octanol–water partition coefficient (Wildman–Crippen LogP) is 4.17. The molecule has 0 atom stereocenters. The number of anilines is 3. The molecule has 0 spiro atoms. The van der Waals surface area contributed by atoms with Crippen LogP contribution in [-0.2, 0) is 4.74 Å². The van der Waals surface area contributed by atoms with Crippen LogP contribution in [0.25, 0.3) is 0 Å². The highest BCUT2D eigenvalue weighted by Gasteiger charge is 2.11. The van der Waals surface area contributed by atoms with Gasteiger partial charge in [-0.25, -0.2) is 4.79 Å². The quantitative estimate of drug-likeness (QED) is 0.667. The van der Waals surface area contributed by atoms with Crippen LogP contribution in [-0.4, -0.2) is 24.0 Å². The van der Waals surface area contributed by atoms with Gasteiger partial charge in [0.1, 0.15) is 0 Å². The molecule has 3 rings (SSSR count). The molecule has 3 aromatic rings. The number of pyridine rings is 1. The minimum atomic E-state index is -0.461. The zero-order valence-corrected chi connectivity index (χ0v) is 15.0. The lowest BCUT2D eigenvalue weighted by Crippen LogP contribution is -2.13. The second-order valence-electron chi connectivity index (χ2n) is 5.93. The van der Waals surface area contributed by atoms with Crippen LogP contribution < -0.4 is 10.6 Å². The van der Waals surface area contributed by atoms with Crippen LogP contribution in [0, 0.1) is 6.92 Å². The van der Waals surface area contributed by atoms with Crippen molar-refractivity contribution < 1.29 is 14.3 Å². The summed E-state index contributed by atoms with van der Waals surface area (Å²) in [6, 6.07) is 16.1. The second kappa shape index (κ2) is 8.14. The van der Waals surface area contributed by atoms with Gasteiger partial charge in [0.05, 0.1) is 30.1 Å². The van der Waals surface area contributed by atoms with E-state index in [2.05, 4.69) is 15.6 Å². The lowest BCUT2D eigenvalue weighted by molar-refractivity contribution is 0.0600. The Morgan fingerprint density at radius 2 is 1.70 bits per heavy atom. The molecule has 6 heteroatoms. The van der Waals surface area contributed by atoms with Crippen LogP contribution >= 0.6 is 0 Å². The summed E-state index contributed by atoms with van der Waals surface area (Å²) >= 11 is 0. The van der Waals surface area contributed by atoms with E-state index in [0.717, 1.165) is 11.3 Å². The average Bonchev–Trinajstić information content (AvgIpc) is 2.69. The molecule has 2 aromatic carbocycles. The fourth-order valence-electron chi connectivity index (χ4n) is 2.55. The fraction of sp³-hybridized carbons (Fsp3) is 0.0952. The molecule has 2 N–H and O–H groups in total. The summed E-state index contributed by atoms with van der Waals surface area (Å²) in [5.41, 5.74) is 4.01.